The van der Waals surface area contributed by atoms with Crippen LogP contribution in [0.2, 0.25) is 0 Å². The summed E-state index contributed by atoms with van der Waals surface area (Å²) in [5, 5.41) is 11.4. The fraction of sp³-hybridized carbons (Fsp3) is 0.500. The normalized spacial score (nSPS) is 11.7. The minimum absolute atomic E-state index is 0.0605. The molecule has 0 aliphatic carbocycles. The summed E-state index contributed by atoms with van der Waals surface area (Å²) >= 11 is 0. The van der Waals surface area contributed by atoms with Gasteiger partial charge in [-0.25, -0.2) is 0 Å². The van der Waals surface area contributed by atoms with Crippen molar-refractivity contribution >= 4 is 11.9 Å². The number of unbranched alkanes of at least 4 members (excludes halogenated alkanes) is 1. The molecule has 5 heteroatoms. The predicted molar refractivity (Wildman–Crippen MR) is 80.3 cm³/mol. The lowest BCUT2D eigenvalue weighted by molar-refractivity contribution is -0.137. The maximum absolute atomic E-state index is 11.8. The number of nitrogens with one attached hydrogen (secondary N) is 1. The van der Waals surface area contributed by atoms with Crippen LogP contribution >= 0.6 is 0 Å². The number of rotatable bonds is 9. The molecule has 1 rings (SSSR count). The molecule has 0 fully saturated rings. The van der Waals surface area contributed by atoms with Gasteiger partial charge in [0.1, 0.15) is 5.75 Å². The van der Waals surface area contributed by atoms with Crippen molar-refractivity contribution in [3.8, 4) is 5.75 Å². The third-order valence-electron chi connectivity index (χ3n) is 3.09. The number of carbonyl (C=O) groups excluding carboxylic acids is 1. The van der Waals surface area contributed by atoms with Crippen LogP contribution in [0.3, 0.4) is 0 Å². The summed E-state index contributed by atoms with van der Waals surface area (Å²) in [6, 6.07) is 7.54. The predicted octanol–water partition coefficient (Wildman–Crippen LogP) is 2.91. The van der Waals surface area contributed by atoms with E-state index in [4.69, 9.17) is 9.84 Å². The molecule has 0 spiro atoms. The quantitative estimate of drug-likeness (QED) is 0.686. The van der Waals surface area contributed by atoms with E-state index in [1.807, 2.05) is 38.1 Å². The number of hydrogen-bond donors (Lipinski definition) is 2. The second-order valence-corrected chi connectivity index (χ2v) is 4.90. The zero-order valence-corrected chi connectivity index (χ0v) is 12.6. The van der Waals surface area contributed by atoms with E-state index in [0.29, 0.717) is 25.9 Å². The molecule has 21 heavy (non-hydrogen) atoms. The van der Waals surface area contributed by atoms with Gasteiger partial charge >= 0.3 is 5.97 Å². The van der Waals surface area contributed by atoms with Gasteiger partial charge in [0.05, 0.1) is 12.6 Å². The number of carboxylic acid groups (broad SMARTS) is 1. The summed E-state index contributed by atoms with van der Waals surface area (Å²) in [7, 11) is 0. The van der Waals surface area contributed by atoms with E-state index in [9.17, 15) is 9.59 Å². The second kappa shape index (κ2) is 9.00. The Hall–Kier alpha value is -2.04. The Labute approximate surface area is 125 Å². The monoisotopic (exact) mass is 293 g/mol. The average Bonchev–Trinajstić information content (AvgIpc) is 2.44. The van der Waals surface area contributed by atoms with Crippen LogP contribution in [-0.4, -0.2) is 23.6 Å². The molecular weight excluding hydrogens is 270 g/mol. The Bertz CT molecular complexity index is 473. The number of carbonyl (C=O) groups is 2. The lowest BCUT2D eigenvalue weighted by Gasteiger charge is -2.15. The highest BCUT2D eigenvalue weighted by molar-refractivity contribution is 5.76. The summed E-state index contributed by atoms with van der Waals surface area (Å²) < 4.78 is 5.44. The maximum Gasteiger partial charge on any atom is 0.303 e. The van der Waals surface area contributed by atoms with E-state index in [2.05, 4.69) is 5.32 Å². The number of hydrogen-bond acceptors (Lipinski definition) is 3. The molecule has 2 N–H and O–H groups in total. The lowest BCUT2D eigenvalue weighted by atomic mass is 10.1. The molecule has 0 aromatic heterocycles. The molecule has 1 unspecified atom stereocenters. The first kappa shape index (κ1) is 17.0. The highest BCUT2D eigenvalue weighted by Gasteiger charge is 2.10. The molecule has 1 aromatic carbocycles. The van der Waals surface area contributed by atoms with Crippen molar-refractivity contribution in [1.29, 1.82) is 0 Å². The van der Waals surface area contributed by atoms with Crippen LogP contribution in [-0.2, 0) is 9.59 Å². The maximum atomic E-state index is 11.8. The molecule has 0 radical (unpaired) electrons. The molecule has 5 nitrogen and oxygen atoms in total. The smallest absolute Gasteiger partial charge is 0.303 e. The minimum Gasteiger partial charge on any atom is -0.494 e. The average molecular weight is 293 g/mol. The Balaban J connectivity index is 2.41. The lowest BCUT2D eigenvalue weighted by Crippen LogP contribution is -2.26. The first-order chi connectivity index (χ1) is 10.0. The second-order valence-electron chi connectivity index (χ2n) is 4.90. The van der Waals surface area contributed by atoms with E-state index >= 15 is 0 Å². The fourth-order valence-electron chi connectivity index (χ4n) is 2.00. The molecule has 0 aliphatic rings. The van der Waals surface area contributed by atoms with Gasteiger partial charge in [-0.3, -0.25) is 9.59 Å². The van der Waals surface area contributed by atoms with Gasteiger partial charge in [0.2, 0.25) is 5.91 Å². The van der Waals surface area contributed by atoms with Crippen LogP contribution in [0, 0.1) is 0 Å². The molecule has 0 aliphatic heterocycles. The van der Waals surface area contributed by atoms with Crippen LogP contribution in [0.1, 0.15) is 51.1 Å². The first-order valence-electron chi connectivity index (χ1n) is 7.26. The SMILES string of the molecule is CCOc1cccc(C(C)NC(=O)CCCCC(=O)O)c1. The highest BCUT2D eigenvalue weighted by atomic mass is 16.5. The third kappa shape index (κ3) is 6.79. The molecule has 0 saturated heterocycles. The molecule has 1 aromatic rings. The van der Waals surface area contributed by atoms with Crippen LogP contribution in [0.5, 0.6) is 5.75 Å². The van der Waals surface area contributed by atoms with Crippen LogP contribution in [0.4, 0.5) is 0 Å². The first-order valence-corrected chi connectivity index (χ1v) is 7.26. The molecule has 0 heterocycles. The largest absolute Gasteiger partial charge is 0.494 e. The topological polar surface area (TPSA) is 75.6 Å². The Morgan fingerprint density at radius 2 is 2.00 bits per heavy atom. The van der Waals surface area contributed by atoms with Crippen molar-refractivity contribution in [2.45, 2.75) is 45.6 Å². The Kier molecular flexibility index (Phi) is 7.29. The van der Waals surface area contributed by atoms with E-state index in [1.54, 1.807) is 0 Å². The fourth-order valence-corrected chi connectivity index (χ4v) is 2.00. The van der Waals surface area contributed by atoms with Gasteiger partial charge in [-0.15, -0.1) is 0 Å². The zero-order valence-electron chi connectivity index (χ0n) is 12.6. The van der Waals surface area contributed by atoms with Gasteiger partial charge in [-0.2, -0.15) is 0 Å². The van der Waals surface area contributed by atoms with Crippen molar-refractivity contribution in [3.05, 3.63) is 29.8 Å². The van der Waals surface area contributed by atoms with Gasteiger partial charge in [0, 0.05) is 12.8 Å². The summed E-state index contributed by atoms with van der Waals surface area (Å²) in [6.07, 6.45) is 1.57. The van der Waals surface area contributed by atoms with Gasteiger partial charge < -0.3 is 15.2 Å². The van der Waals surface area contributed by atoms with Crippen molar-refractivity contribution in [3.63, 3.8) is 0 Å². The molecule has 0 bridgehead atoms. The van der Waals surface area contributed by atoms with E-state index in [-0.39, 0.29) is 18.4 Å². The number of amides is 1. The standard InChI is InChI=1S/C16H23NO4/c1-3-21-14-8-6-7-13(11-14)12(2)17-15(18)9-4-5-10-16(19)20/h6-8,11-12H,3-5,9-10H2,1-2H3,(H,17,18)(H,19,20). The van der Waals surface area contributed by atoms with Crippen LogP contribution in [0.25, 0.3) is 0 Å². The number of benzene rings is 1. The summed E-state index contributed by atoms with van der Waals surface area (Å²) in [5.41, 5.74) is 0.986. The summed E-state index contributed by atoms with van der Waals surface area (Å²) in [4.78, 5) is 22.2. The van der Waals surface area contributed by atoms with E-state index < -0.39 is 5.97 Å². The van der Waals surface area contributed by atoms with E-state index in [0.717, 1.165) is 11.3 Å². The van der Waals surface area contributed by atoms with Gasteiger partial charge in [0.25, 0.3) is 0 Å². The van der Waals surface area contributed by atoms with Crippen molar-refractivity contribution in [2.24, 2.45) is 0 Å². The highest BCUT2D eigenvalue weighted by Crippen LogP contribution is 2.19. The minimum atomic E-state index is -0.823. The number of carboxylic acids is 1. The molecule has 116 valence electrons. The van der Waals surface area contributed by atoms with Gasteiger partial charge in [-0.05, 0) is 44.4 Å². The number of ether oxygens (including phenoxy) is 1. The van der Waals surface area contributed by atoms with Gasteiger partial charge in [0.15, 0.2) is 0 Å². The van der Waals surface area contributed by atoms with Crippen molar-refractivity contribution in [1.82, 2.24) is 5.32 Å². The third-order valence-corrected chi connectivity index (χ3v) is 3.09. The number of aliphatic carboxylic acids is 1. The van der Waals surface area contributed by atoms with Crippen LogP contribution < -0.4 is 10.1 Å². The molecule has 0 saturated carbocycles. The van der Waals surface area contributed by atoms with E-state index in [1.165, 1.54) is 0 Å². The van der Waals surface area contributed by atoms with Crippen LogP contribution in [0.15, 0.2) is 24.3 Å². The summed E-state index contributed by atoms with van der Waals surface area (Å²) in [6.45, 7) is 4.45. The zero-order chi connectivity index (χ0) is 15.7. The van der Waals surface area contributed by atoms with Gasteiger partial charge in [-0.1, -0.05) is 12.1 Å². The molecular formula is C16H23NO4. The molecule has 1 atom stereocenters. The van der Waals surface area contributed by atoms with Crippen molar-refractivity contribution < 1.29 is 19.4 Å². The Morgan fingerprint density at radius 1 is 1.29 bits per heavy atom. The Morgan fingerprint density at radius 3 is 2.67 bits per heavy atom. The van der Waals surface area contributed by atoms with Crippen molar-refractivity contribution in [2.75, 3.05) is 6.61 Å². The molecule has 1 amide bonds. The summed E-state index contributed by atoms with van der Waals surface area (Å²) in [5.74, 6) is -0.0937.